The smallest absolute Gasteiger partial charge is 0.408 e. The van der Waals surface area contributed by atoms with E-state index >= 15 is 0 Å². The van der Waals surface area contributed by atoms with Gasteiger partial charge in [-0.15, -0.1) is 0 Å². The van der Waals surface area contributed by atoms with Crippen molar-refractivity contribution in [2.75, 3.05) is 6.61 Å². The fourth-order valence-electron chi connectivity index (χ4n) is 4.14. The summed E-state index contributed by atoms with van der Waals surface area (Å²) in [5.74, 6) is -0.893. The van der Waals surface area contributed by atoms with Crippen LogP contribution in [0.3, 0.4) is 0 Å². The first-order valence-corrected chi connectivity index (χ1v) is 11.2. The van der Waals surface area contributed by atoms with Gasteiger partial charge in [0.15, 0.2) is 0 Å². The van der Waals surface area contributed by atoms with Crippen LogP contribution < -0.4 is 10.6 Å². The normalized spacial score (nSPS) is 16.4. The van der Waals surface area contributed by atoms with Crippen molar-refractivity contribution in [3.05, 3.63) is 36.0 Å². The number of alkyl carbamates (subject to hydrolysis) is 1. The van der Waals surface area contributed by atoms with Crippen molar-refractivity contribution in [1.29, 1.82) is 0 Å². The molecule has 2 amide bonds. The van der Waals surface area contributed by atoms with Crippen LogP contribution in [0.1, 0.15) is 58.9 Å². The average molecular weight is 444 g/mol. The largest absolute Gasteiger partial charge is 0.464 e. The number of H-pyrrole nitrogens is 1. The van der Waals surface area contributed by atoms with Gasteiger partial charge >= 0.3 is 12.1 Å². The number of aromatic amines is 1. The second-order valence-electron chi connectivity index (χ2n) is 9.26. The molecule has 0 spiro atoms. The topological polar surface area (TPSA) is 110 Å². The number of amides is 2. The zero-order valence-corrected chi connectivity index (χ0v) is 19.2. The van der Waals surface area contributed by atoms with E-state index in [1.807, 2.05) is 30.5 Å². The van der Waals surface area contributed by atoms with Crippen LogP contribution >= 0.6 is 0 Å². The molecule has 32 heavy (non-hydrogen) atoms. The Hall–Kier alpha value is -3.03. The molecule has 1 atom stereocenters. The summed E-state index contributed by atoms with van der Waals surface area (Å²) in [7, 11) is 0. The molecule has 1 aliphatic rings. The Morgan fingerprint density at radius 3 is 2.50 bits per heavy atom. The molecular weight excluding hydrogens is 410 g/mol. The van der Waals surface area contributed by atoms with E-state index in [4.69, 9.17) is 9.47 Å². The van der Waals surface area contributed by atoms with Gasteiger partial charge in [-0.25, -0.2) is 9.59 Å². The lowest BCUT2D eigenvalue weighted by Crippen LogP contribution is -2.60. The van der Waals surface area contributed by atoms with Crippen LogP contribution in [0.2, 0.25) is 0 Å². The molecule has 0 saturated heterocycles. The lowest BCUT2D eigenvalue weighted by molar-refractivity contribution is -0.148. The Balaban J connectivity index is 1.80. The van der Waals surface area contributed by atoms with Crippen molar-refractivity contribution >= 4 is 28.9 Å². The molecule has 0 bridgehead atoms. The van der Waals surface area contributed by atoms with Crippen molar-refractivity contribution in [3.63, 3.8) is 0 Å². The van der Waals surface area contributed by atoms with E-state index in [0.29, 0.717) is 12.8 Å². The molecule has 1 aliphatic carbocycles. The summed E-state index contributed by atoms with van der Waals surface area (Å²) in [4.78, 5) is 41.7. The van der Waals surface area contributed by atoms with Gasteiger partial charge in [0.2, 0.25) is 5.91 Å². The lowest BCUT2D eigenvalue weighted by Gasteiger charge is -2.32. The number of rotatable bonds is 7. The number of para-hydroxylation sites is 1. The Kier molecular flexibility index (Phi) is 7.11. The average Bonchev–Trinajstić information content (AvgIpc) is 3.34. The number of hydrogen-bond donors (Lipinski definition) is 3. The molecule has 1 fully saturated rings. The molecule has 0 radical (unpaired) electrons. The summed E-state index contributed by atoms with van der Waals surface area (Å²) >= 11 is 0. The van der Waals surface area contributed by atoms with Crippen LogP contribution in [0.5, 0.6) is 0 Å². The third kappa shape index (κ3) is 5.60. The van der Waals surface area contributed by atoms with Gasteiger partial charge < -0.3 is 25.1 Å². The van der Waals surface area contributed by atoms with E-state index in [1.165, 1.54) is 0 Å². The zero-order chi connectivity index (χ0) is 23.4. The highest BCUT2D eigenvalue weighted by atomic mass is 16.6. The maximum absolute atomic E-state index is 13.4. The minimum atomic E-state index is -1.10. The molecule has 0 unspecified atom stereocenters. The number of hydrogen-bond acceptors (Lipinski definition) is 5. The van der Waals surface area contributed by atoms with E-state index in [0.717, 1.165) is 29.3 Å². The number of fused-ring (bicyclic) bond motifs is 1. The molecule has 2 aromatic rings. The van der Waals surface area contributed by atoms with Gasteiger partial charge in [-0.1, -0.05) is 31.0 Å². The Morgan fingerprint density at radius 2 is 1.84 bits per heavy atom. The highest BCUT2D eigenvalue weighted by Crippen LogP contribution is 2.31. The van der Waals surface area contributed by atoms with Gasteiger partial charge in [0.05, 0.1) is 6.61 Å². The van der Waals surface area contributed by atoms with E-state index < -0.39 is 35.2 Å². The Bertz CT molecular complexity index is 969. The first kappa shape index (κ1) is 23.6. The second-order valence-corrected chi connectivity index (χ2v) is 9.26. The van der Waals surface area contributed by atoms with Crippen LogP contribution in [0.4, 0.5) is 4.79 Å². The third-order valence-corrected chi connectivity index (χ3v) is 5.61. The number of nitrogens with one attached hydrogen (secondary N) is 3. The quantitative estimate of drug-likeness (QED) is 0.567. The summed E-state index contributed by atoms with van der Waals surface area (Å²) < 4.78 is 10.6. The van der Waals surface area contributed by atoms with Gasteiger partial charge in [-0.2, -0.15) is 0 Å². The molecule has 174 valence electrons. The fraction of sp³-hybridized carbons (Fsp3) is 0.542. The van der Waals surface area contributed by atoms with Crippen LogP contribution in [-0.2, 0) is 25.5 Å². The number of carbonyl (C=O) groups excluding carboxylic acids is 3. The molecule has 1 aromatic carbocycles. The molecule has 0 aliphatic heterocycles. The minimum absolute atomic E-state index is 0.209. The van der Waals surface area contributed by atoms with Crippen molar-refractivity contribution < 1.29 is 23.9 Å². The number of aromatic nitrogens is 1. The summed E-state index contributed by atoms with van der Waals surface area (Å²) in [5.41, 5.74) is 0.0750. The van der Waals surface area contributed by atoms with E-state index in [-0.39, 0.29) is 13.0 Å². The highest BCUT2D eigenvalue weighted by Gasteiger charge is 2.44. The maximum atomic E-state index is 13.4. The van der Waals surface area contributed by atoms with E-state index in [9.17, 15) is 14.4 Å². The standard InChI is InChI=1S/C24H33N3O5/c1-5-31-20(28)19(14-16-15-25-18-11-7-6-10-17(16)18)26-21(29)24(12-8-9-13-24)27-22(30)32-23(2,3)4/h6-7,10-11,15,19,25H,5,8-9,12-14H2,1-4H3,(H,26,29)(H,27,30)/t19-/m0/s1. The Labute approximate surface area is 188 Å². The Morgan fingerprint density at radius 1 is 1.16 bits per heavy atom. The minimum Gasteiger partial charge on any atom is -0.464 e. The van der Waals surface area contributed by atoms with Gasteiger partial charge in [0, 0.05) is 23.5 Å². The third-order valence-electron chi connectivity index (χ3n) is 5.61. The fourth-order valence-corrected chi connectivity index (χ4v) is 4.14. The van der Waals surface area contributed by atoms with Crippen molar-refractivity contribution in [2.45, 2.75) is 77.0 Å². The van der Waals surface area contributed by atoms with Crippen LogP contribution in [0, 0.1) is 0 Å². The number of ether oxygens (including phenoxy) is 2. The molecule has 3 N–H and O–H groups in total. The predicted octanol–water partition coefficient (Wildman–Crippen LogP) is 3.60. The molecule has 8 heteroatoms. The van der Waals surface area contributed by atoms with Crippen LogP contribution in [0.25, 0.3) is 10.9 Å². The first-order valence-electron chi connectivity index (χ1n) is 11.2. The maximum Gasteiger partial charge on any atom is 0.408 e. The zero-order valence-electron chi connectivity index (χ0n) is 19.2. The van der Waals surface area contributed by atoms with E-state index in [1.54, 1.807) is 27.7 Å². The highest BCUT2D eigenvalue weighted by molar-refractivity contribution is 5.94. The molecule has 3 rings (SSSR count). The molecule has 1 saturated carbocycles. The monoisotopic (exact) mass is 443 g/mol. The SMILES string of the molecule is CCOC(=O)[C@H](Cc1c[nH]c2ccccc12)NC(=O)C1(NC(=O)OC(C)(C)C)CCCC1. The summed E-state index contributed by atoms with van der Waals surface area (Å²) in [5, 5.41) is 6.62. The second kappa shape index (κ2) is 9.63. The molecule has 1 aromatic heterocycles. The summed E-state index contributed by atoms with van der Waals surface area (Å²) in [6.45, 7) is 7.25. The number of esters is 1. The van der Waals surface area contributed by atoms with Gasteiger partial charge in [0.1, 0.15) is 17.2 Å². The molecular formula is C24H33N3O5. The van der Waals surface area contributed by atoms with E-state index in [2.05, 4.69) is 15.6 Å². The summed E-state index contributed by atoms with van der Waals surface area (Å²) in [6.07, 6.45) is 4.05. The molecule has 8 nitrogen and oxygen atoms in total. The van der Waals surface area contributed by atoms with Crippen molar-refractivity contribution in [3.8, 4) is 0 Å². The van der Waals surface area contributed by atoms with Crippen molar-refractivity contribution in [1.82, 2.24) is 15.6 Å². The number of benzene rings is 1. The van der Waals surface area contributed by atoms with Gasteiger partial charge in [-0.05, 0) is 52.2 Å². The van der Waals surface area contributed by atoms with Gasteiger partial charge in [-0.3, -0.25) is 4.79 Å². The van der Waals surface area contributed by atoms with Crippen LogP contribution in [-0.4, -0.2) is 46.7 Å². The molecule has 1 heterocycles. The summed E-state index contributed by atoms with van der Waals surface area (Å²) in [6, 6.07) is 6.90. The first-order chi connectivity index (χ1) is 15.1. The van der Waals surface area contributed by atoms with Crippen LogP contribution in [0.15, 0.2) is 30.5 Å². The van der Waals surface area contributed by atoms with Gasteiger partial charge in [0.25, 0.3) is 0 Å². The predicted molar refractivity (Wildman–Crippen MR) is 121 cm³/mol. The van der Waals surface area contributed by atoms with Crippen molar-refractivity contribution in [2.24, 2.45) is 0 Å². The lowest BCUT2D eigenvalue weighted by atomic mass is 9.95. The number of carbonyl (C=O) groups is 3.